The number of aryl methyl sites for hydroxylation is 1. The van der Waals surface area contributed by atoms with Crippen LogP contribution in [0.1, 0.15) is 43.9 Å². The summed E-state index contributed by atoms with van der Waals surface area (Å²) in [6.07, 6.45) is 2.29. The number of hydrogen-bond donors (Lipinski definition) is 4. The molecule has 4 N–H and O–H groups in total. The lowest BCUT2D eigenvalue weighted by atomic mass is 9.83. The molecule has 0 aromatic heterocycles. The molecule has 0 saturated heterocycles. The van der Waals surface area contributed by atoms with E-state index >= 15 is 0 Å². The molecule has 4 rings (SSSR count). The predicted molar refractivity (Wildman–Crippen MR) is 137 cm³/mol. The van der Waals surface area contributed by atoms with Crippen LogP contribution >= 0.6 is 0 Å². The minimum Gasteiger partial charge on any atom is -0.456 e. The Morgan fingerprint density at radius 3 is 2.22 bits per heavy atom. The van der Waals surface area contributed by atoms with E-state index in [9.17, 15) is 25.9 Å². The molecule has 0 saturated carbocycles. The molecule has 1 aliphatic carbocycles. The lowest BCUT2D eigenvalue weighted by Crippen LogP contribution is -2.21. The van der Waals surface area contributed by atoms with Crippen molar-refractivity contribution in [2.45, 2.75) is 43.9 Å². The average Bonchev–Trinajstić information content (AvgIpc) is 2.78. The fraction of sp³-hybridized carbons (Fsp3) is 0.280. The van der Waals surface area contributed by atoms with E-state index in [1.165, 1.54) is 6.07 Å². The SMILES string of the molecule is CCNC1=C(C)CC2=C(c3ccc(S(=O)(=O)O)cc3S(=O)(=O)O)c3cc(C)c(NCC)cc3OC2=C1. The maximum absolute atomic E-state index is 12.4. The maximum Gasteiger partial charge on any atom is 0.295 e. The second-order valence-corrected chi connectivity index (χ2v) is 11.5. The molecule has 0 amide bonds. The lowest BCUT2D eigenvalue weighted by Gasteiger charge is -2.31. The number of nitrogens with one attached hydrogen (secondary N) is 2. The van der Waals surface area contributed by atoms with Gasteiger partial charge in [-0.3, -0.25) is 9.11 Å². The van der Waals surface area contributed by atoms with Crippen LogP contribution in [0, 0.1) is 6.92 Å². The molecule has 0 fully saturated rings. The quantitative estimate of drug-likeness (QED) is 0.384. The Balaban J connectivity index is 2.08. The molecular weight excluding hydrogens is 504 g/mol. The van der Waals surface area contributed by atoms with Crippen molar-refractivity contribution in [3.05, 3.63) is 75.7 Å². The van der Waals surface area contributed by atoms with E-state index < -0.39 is 30.0 Å². The zero-order chi connectivity index (χ0) is 26.4. The van der Waals surface area contributed by atoms with E-state index in [1.54, 1.807) is 0 Å². The number of allylic oxidation sites excluding steroid dienone is 3. The van der Waals surface area contributed by atoms with Crippen molar-refractivity contribution < 1.29 is 30.7 Å². The zero-order valence-corrected chi connectivity index (χ0v) is 22.0. The van der Waals surface area contributed by atoms with Gasteiger partial charge in [0.1, 0.15) is 16.4 Å². The van der Waals surface area contributed by atoms with Gasteiger partial charge in [-0.15, -0.1) is 0 Å². The Morgan fingerprint density at radius 1 is 0.917 bits per heavy atom. The summed E-state index contributed by atoms with van der Waals surface area (Å²) in [6, 6.07) is 6.87. The van der Waals surface area contributed by atoms with Crippen molar-refractivity contribution in [3.8, 4) is 5.75 Å². The summed E-state index contributed by atoms with van der Waals surface area (Å²) >= 11 is 0. The summed E-state index contributed by atoms with van der Waals surface area (Å²) in [5.74, 6) is 1.00. The van der Waals surface area contributed by atoms with Gasteiger partial charge in [0.15, 0.2) is 0 Å². The van der Waals surface area contributed by atoms with Crippen LogP contribution in [0.25, 0.3) is 5.57 Å². The van der Waals surface area contributed by atoms with Crippen molar-refractivity contribution in [3.63, 3.8) is 0 Å². The first-order chi connectivity index (χ1) is 16.8. The third-order valence-electron chi connectivity index (χ3n) is 6.12. The number of likely N-dealkylation sites (N-methyl/N-ethyl adjacent to an activating group) is 1. The van der Waals surface area contributed by atoms with Gasteiger partial charge in [-0.2, -0.15) is 16.8 Å². The third-order valence-corrected chi connectivity index (χ3v) is 7.87. The lowest BCUT2D eigenvalue weighted by molar-refractivity contribution is 0.423. The Labute approximate surface area is 211 Å². The fourth-order valence-corrected chi connectivity index (χ4v) is 5.81. The van der Waals surface area contributed by atoms with E-state index in [1.807, 2.05) is 45.9 Å². The molecule has 36 heavy (non-hydrogen) atoms. The second-order valence-electron chi connectivity index (χ2n) is 8.67. The van der Waals surface area contributed by atoms with Crippen LogP contribution < -0.4 is 15.4 Å². The van der Waals surface area contributed by atoms with Crippen molar-refractivity contribution in [1.29, 1.82) is 0 Å². The molecule has 0 atom stereocenters. The molecule has 192 valence electrons. The highest BCUT2D eigenvalue weighted by Gasteiger charge is 2.33. The van der Waals surface area contributed by atoms with Gasteiger partial charge in [-0.1, -0.05) is 6.07 Å². The first-order valence-corrected chi connectivity index (χ1v) is 14.3. The summed E-state index contributed by atoms with van der Waals surface area (Å²) in [5, 5.41) is 6.59. The fourth-order valence-electron chi connectivity index (χ4n) is 4.50. The maximum atomic E-state index is 12.4. The molecule has 0 unspecified atom stereocenters. The summed E-state index contributed by atoms with van der Waals surface area (Å²) in [6.45, 7) is 9.20. The van der Waals surface area contributed by atoms with E-state index in [4.69, 9.17) is 4.74 Å². The largest absolute Gasteiger partial charge is 0.456 e. The highest BCUT2D eigenvalue weighted by Crippen LogP contribution is 2.48. The van der Waals surface area contributed by atoms with Crippen LogP contribution in [0.2, 0.25) is 0 Å². The van der Waals surface area contributed by atoms with Crippen LogP contribution in [0.3, 0.4) is 0 Å². The van der Waals surface area contributed by atoms with E-state index in [0.717, 1.165) is 34.7 Å². The predicted octanol–water partition coefficient (Wildman–Crippen LogP) is 4.29. The van der Waals surface area contributed by atoms with Gasteiger partial charge in [0.25, 0.3) is 20.2 Å². The zero-order valence-electron chi connectivity index (χ0n) is 20.3. The van der Waals surface area contributed by atoms with Gasteiger partial charge >= 0.3 is 0 Å². The van der Waals surface area contributed by atoms with Crippen molar-refractivity contribution >= 4 is 31.5 Å². The molecule has 2 aromatic rings. The minimum atomic E-state index is -4.87. The Bertz CT molecular complexity index is 1570. The van der Waals surface area contributed by atoms with Gasteiger partial charge < -0.3 is 15.4 Å². The molecule has 11 heteroatoms. The van der Waals surface area contributed by atoms with Crippen LogP contribution in [-0.4, -0.2) is 39.0 Å². The van der Waals surface area contributed by atoms with Gasteiger partial charge in [-0.05, 0) is 63.5 Å². The van der Waals surface area contributed by atoms with Crippen molar-refractivity contribution in [2.75, 3.05) is 18.4 Å². The smallest absolute Gasteiger partial charge is 0.295 e. The molecule has 9 nitrogen and oxygen atoms in total. The normalized spacial score (nSPS) is 15.7. The molecular formula is C25H28N2O7S2. The number of rotatable bonds is 7. The van der Waals surface area contributed by atoms with Crippen LogP contribution in [0.15, 0.2) is 68.8 Å². The topological polar surface area (TPSA) is 142 Å². The monoisotopic (exact) mass is 532 g/mol. The summed E-state index contributed by atoms with van der Waals surface area (Å²) in [4.78, 5) is -1.26. The number of hydrogen-bond acceptors (Lipinski definition) is 7. The van der Waals surface area contributed by atoms with Crippen molar-refractivity contribution in [1.82, 2.24) is 5.32 Å². The molecule has 0 spiro atoms. The number of ether oxygens (including phenoxy) is 1. The van der Waals surface area contributed by atoms with Crippen LogP contribution in [0.5, 0.6) is 5.75 Å². The average molecular weight is 533 g/mol. The van der Waals surface area contributed by atoms with Gasteiger partial charge in [0, 0.05) is 58.9 Å². The summed E-state index contributed by atoms with van der Waals surface area (Å²) < 4.78 is 74.2. The Morgan fingerprint density at radius 2 is 1.61 bits per heavy atom. The Hall–Kier alpha value is -3.12. The molecule has 1 heterocycles. The first kappa shape index (κ1) is 26.0. The highest BCUT2D eigenvalue weighted by molar-refractivity contribution is 7.86. The van der Waals surface area contributed by atoms with Gasteiger partial charge in [0.05, 0.1) is 4.90 Å². The molecule has 2 aromatic carbocycles. The first-order valence-electron chi connectivity index (χ1n) is 11.4. The number of anilines is 1. The Kier molecular flexibility index (Phi) is 6.78. The number of benzene rings is 2. The molecule has 0 radical (unpaired) electrons. The summed E-state index contributed by atoms with van der Waals surface area (Å²) in [5.41, 5.74) is 5.55. The van der Waals surface area contributed by atoms with E-state index in [2.05, 4.69) is 10.6 Å². The second kappa shape index (κ2) is 9.40. The molecule has 2 aliphatic rings. The van der Waals surface area contributed by atoms with Crippen molar-refractivity contribution in [2.24, 2.45) is 0 Å². The standard InChI is InChI=1S/C25H28N2O7S2/c1-5-26-20-12-22-18(9-14(20)3)25(19-10-15(4)21(27-6-2)13-23(19)34-22)17-8-7-16(35(28,29)30)11-24(17)36(31,32)33/h7-9,11-13,26-27H,5-6,10H2,1-4H3,(H,28,29,30)(H,31,32,33). The third kappa shape index (κ3) is 4.79. The summed E-state index contributed by atoms with van der Waals surface area (Å²) in [7, 11) is -9.58. The van der Waals surface area contributed by atoms with E-state index in [-0.39, 0.29) is 5.56 Å². The number of fused-ring (bicyclic) bond motifs is 2. The van der Waals surface area contributed by atoms with Gasteiger partial charge in [0.2, 0.25) is 0 Å². The minimum absolute atomic E-state index is 0.102. The van der Waals surface area contributed by atoms with Crippen LogP contribution in [-0.2, 0) is 20.2 Å². The molecule has 0 bridgehead atoms. The molecule has 1 aliphatic heterocycles. The van der Waals surface area contributed by atoms with E-state index in [0.29, 0.717) is 47.7 Å². The van der Waals surface area contributed by atoms with Crippen LogP contribution in [0.4, 0.5) is 5.69 Å². The van der Waals surface area contributed by atoms with Gasteiger partial charge in [-0.25, -0.2) is 0 Å². The highest BCUT2D eigenvalue weighted by atomic mass is 32.2.